The summed E-state index contributed by atoms with van der Waals surface area (Å²) in [6.07, 6.45) is 16.2. The minimum atomic E-state index is 0.128. The van der Waals surface area contributed by atoms with E-state index in [4.69, 9.17) is 0 Å². The molecule has 1 fully saturated rings. The van der Waals surface area contributed by atoms with Gasteiger partial charge in [-0.1, -0.05) is 58.8 Å². The van der Waals surface area contributed by atoms with Crippen molar-refractivity contribution in [2.24, 2.45) is 11.8 Å². The predicted molar refractivity (Wildman–Crippen MR) is 113 cm³/mol. The number of nitrogens with one attached hydrogen (secondary N) is 1. The third-order valence-corrected chi connectivity index (χ3v) is 5.79. The second-order valence-corrected chi connectivity index (χ2v) is 8.34. The Hall–Kier alpha value is -1.58. The fraction of sp³-hybridized carbons (Fsp3) is 0.739. The monoisotopic (exact) mass is 373 g/mol. The first kappa shape index (κ1) is 21.7. The number of unbranched alkanes of at least 4 members (excludes halogenated alkanes) is 2. The van der Waals surface area contributed by atoms with Crippen LogP contribution in [0.1, 0.15) is 77.2 Å². The summed E-state index contributed by atoms with van der Waals surface area (Å²) in [7, 11) is 0. The van der Waals surface area contributed by atoms with Crippen LogP contribution in [0.5, 0.6) is 0 Å². The molecule has 4 heteroatoms. The van der Waals surface area contributed by atoms with Gasteiger partial charge >= 0.3 is 6.03 Å². The second kappa shape index (κ2) is 12.7. The van der Waals surface area contributed by atoms with Gasteiger partial charge in [-0.2, -0.15) is 0 Å². The van der Waals surface area contributed by atoms with Crippen LogP contribution in [-0.4, -0.2) is 35.5 Å². The Morgan fingerprint density at radius 2 is 1.93 bits per heavy atom. The summed E-state index contributed by atoms with van der Waals surface area (Å²) in [5.41, 5.74) is 1.28. The number of hydrogen-bond acceptors (Lipinski definition) is 2. The molecule has 0 aliphatic heterocycles. The Kier molecular flexibility index (Phi) is 10.3. The van der Waals surface area contributed by atoms with Crippen molar-refractivity contribution < 1.29 is 4.79 Å². The molecule has 152 valence electrons. The van der Waals surface area contributed by atoms with Crippen LogP contribution in [0.2, 0.25) is 0 Å². The number of rotatable bonds is 11. The molecule has 0 radical (unpaired) electrons. The fourth-order valence-electron chi connectivity index (χ4n) is 4.05. The van der Waals surface area contributed by atoms with E-state index in [-0.39, 0.29) is 6.03 Å². The van der Waals surface area contributed by atoms with E-state index in [0.717, 1.165) is 38.4 Å². The molecule has 2 rings (SSSR count). The number of urea groups is 1. The molecule has 0 aromatic carbocycles. The van der Waals surface area contributed by atoms with Crippen LogP contribution < -0.4 is 5.32 Å². The smallest absolute Gasteiger partial charge is 0.317 e. The molecule has 1 heterocycles. The minimum Gasteiger partial charge on any atom is -0.338 e. The van der Waals surface area contributed by atoms with Gasteiger partial charge in [-0.05, 0) is 48.8 Å². The predicted octanol–water partition coefficient (Wildman–Crippen LogP) is 5.43. The second-order valence-electron chi connectivity index (χ2n) is 8.34. The summed E-state index contributed by atoms with van der Waals surface area (Å²) < 4.78 is 0. The molecule has 0 saturated heterocycles. The molecule has 1 atom stereocenters. The zero-order chi connectivity index (χ0) is 19.3. The largest absolute Gasteiger partial charge is 0.338 e. The van der Waals surface area contributed by atoms with Crippen LogP contribution in [0.3, 0.4) is 0 Å². The van der Waals surface area contributed by atoms with Crippen molar-refractivity contribution in [3.63, 3.8) is 0 Å². The molecule has 1 aliphatic carbocycles. The third-order valence-electron chi connectivity index (χ3n) is 5.79. The molecule has 2 amide bonds. The summed E-state index contributed by atoms with van der Waals surface area (Å²) in [5, 5.41) is 3.19. The molecule has 27 heavy (non-hydrogen) atoms. The Balaban J connectivity index is 1.76. The quantitative estimate of drug-likeness (QED) is 0.525. The van der Waals surface area contributed by atoms with E-state index in [2.05, 4.69) is 41.2 Å². The van der Waals surface area contributed by atoms with Crippen molar-refractivity contribution >= 4 is 6.03 Å². The lowest BCUT2D eigenvalue weighted by Crippen LogP contribution is -2.43. The highest BCUT2D eigenvalue weighted by atomic mass is 16.2. The number of carbonyl (C=O) groups excluding carboxylic acids is 1. The van der Waals surface area contributed by atoms with E-state index in [1.54, 1.807) is 0 Å². The maximum Gasteiger partial charge on any atom is 0.317 e. The van der Waals surface area contributed by atoms with Crippen LogP contribution in [0.25, 0.3) is 0 Å². The SMILES string of the molecule is CCCCCN(CCC1CCCCC1)C(=O)NCC(C)Cc1ccncc1. The van der Waals surface area contributed by atoms with Crippen LogP contribution in [-0.2, 0) is 6.42 Å². The van der Waals surface area contributed by atoms with Crippen molar-refractivity contribution in [1.29, 1.82) is 0 Å². The average molecular weight is 374 g/mol. The summed E-state index contributed by atoms with van der Waals surface area (Å²) in [4.78, 5) is 18.9. The van der Waals surface area contributed by atoms with Gasteiger partial charge < -0.3 is 10.2 Å². The molecule has 0 spiro atoms. The van der Waals surface area contributed by atoms with E-state index in [1.807, 2.05) is 12.4 Å². The molecule has 1 unspecified atom stereocenters. The van der Waals surface area contributed by atoms with Crippen molar-refractivity contribution in [2.75, 3.05) is 19.6 Å². The first-order valence-corrected chi connectivity index (χ1v) is 11.1. The first-order chi connectivity index (χ1) is 13.2. The molecule has 1 aromatic rings. The number of pyridine rings is 1. The number of amides is 2. The molecular weight excluding hydrogens is 334 g/mol. The van der Waals surface area contributed by atoms with Crippen LogP contribution in [0, 0.1) is 11.8 Å². The lowest BCUT2D eigenvalue weighted by atomic mass is 9.87. The van der Waals surface area contributed by atoms with Gasteiger partial charge in [0.2, 0.25) is 0 Å². The van der Waals surface area contributed by atoms with Crippen LogP contribution in [0.15, 0.2) is 24.5 Å². The van der Waals surface area contributed by atoms with E-state index in [0.29, 0.717) is 5.92 Å². The molecule has 1 aromatic heterocycles. The fourth-order valence-corrected chi connectivity index (χ4v) is 4.05. The number of aromatic nitrogens is 1. The van der Waals surface area contributed by atoms with Crippen LogP contribution >= 0.6 is 0 Å². The molecular formula is C23H39N3O. The van der Waals surface area contributed by atoms with Gasteiger partial charge in [0.25, 0.3) is 0 Å². The molecule has 1 saturated carbocycles. The third kappa shape index (κ3) is 8.77. The first-order valence-electron chi connectivity index (χ1n) is 11.1. The zero-order valence-corrected chi connectivity index (χ0v) is 17.5. The highest BCUT2D eigenvalue weighted by Gasteiger charge is 2.18. The van der Waals surface area contributed by atoms with Crippen molar-refractivity contribution in [3.8, 4) is 0 Å². The maximum absolute atomic E-state index is 12.8. The Bertz CT molecular complexity index is 514. The Morgan fingerprint density at radius 3 is 2.63 bits per heavy atom. The van der Waals surface area contributed by atoms with Gasteiger partial charge in [0.15, 0.2) is 0 Å². The van der Waals surface area contributed by atoms with Gasteiger partial charge in [-0.25, -0.2) is 4.79 Å². The standard InChI is InChI=1S/C23H39N3O/c1-3-4-8-16-26(17-13-21-9-6-5-7-10-21)23(27)25-19-20(2)18-22-11-14-24-15-12-22/h11-12,14-15,20-21H,3-10,13,16-19H2,1-2H3,(H,25,27). The van der Waals surface area contributed by atoms with Gasteiger partial charge in [0, 0.05) is 32.0 Å². The van der Waals surface area contributed by atoms with Gasteiger partial charge in [0.1, 0.15) is 0 Å². The number of carbonyl (C=O) groups is 1. The Morgan fingerprint density at radius 1 is 1.19 bits per heavy atom. The van der Waals surface area contributed by atoms with Crippen molar-refractivity contribution in [1.82, 2.24) is 15.2 Å². The highest BCUT2D eigenvalue weighted by Crippen LogP contribution is 2.26. The van der Waals surface area contributed by atoms with Crippen LogP contribution in [0.4, 0.5) is 4.79 Å². The summed E-state index contributed by atoms with van der Waals surface area (Å²) in [6.45, 7) is 6.95. The molecule has 4 nitrogen and oxygen atoms in total. The topological polar surface area (TPSA) is 45.2 Å². The molecule has 1 N–H and O–H groups in total. The average Bonchev–Trinajstić information content (AvgIpc) is 2.70. The van der Waals surface area contributed by atoms with E-state index in [9.17, 15) is 4.79 Å². The molecule has 0 bridgehead atoms. The van der Waals surface area contributed by atoms with Gasteiger partial charge in [0.05, 0.1) is 0 Å². The molecule has 1 aliphatic rings. The minimum absolute atomic E-state index is 0.128. The number of nitrogens with zero attached hydrogens (tertiary/aromatic N) is 2. The van der Waals surface area contributed by atoms with E-state index in [1.165, 1.54) is 56.9 Å². The zero-order valence-electron chi connectivity index (χ0n) is 17.5. The summed E-state index contributed by atoms with van der Waals surface area (Å²) >= 11 is 0. The van der Waals surface area contributed by atoms with Gasteiger partial charge in [-0.3, -0.25) is 4.98 Å². The summed E-state index contributed by atoms with van der Waals surface area (Å²) in [6, 6.07) is 4.24. The van der Waals surface area contributed by atoms with E-state index < -0.39 is 0 Å². The lowest BCUT2D eigenvalue weighted by Gasteiger charge is -2.28. The number of hydrogen-bond donors (Lipinski definition) is 1. The highest BCUT2D eigenvalue weighted by molar-refractivity contribution is 5.74. The Labute approximate surface area is 166 Å². The summed E-state index contributed by atoms with van der Waals surface area (Å²) in [5.74, 6) is 1.25. The van der Waals surface area contributed by atoms with Crippen molar-refractivity contribution in [2.45, 2.75) is 78.1 Å². The normalized spacial score (nSPS) is 16.1. The van der Waals surface area contributed by atoms with E-state index >= 15 is 0 Å². The lowest BCUT2D eigenvalue weighted by molar-refractivity contribution is 0.187. The van der Waals surface area contributed by atoms with Gasteiger partial charge in [-0.15, -0.1) is 0 Å². The van der Waals surface area contributed by atoms with Crippen molar-refractivity contribution in [3.05, 3.63) is 30.1 Å². The maximum atomic E-state index is 12.8.